The molecule has 0 unspecified atom stereocenters. The number of carbonyl (C=O) groups is 1. The molecule has 2 aromatic carbocycles. The Labute approximate surface area is 162 Å². The molecule has 6 heteroatoms. The third-order valence-electron chi connectivity index (χ3n) is 4.53. The van der Waals surface area contributed by atoms with Gasteiger partial charge in [0, 0.05) is 35.4 Å². The van der Waals surface area contributed by atoms with E-state index in [1.165, 1.54) is 12.8 Å². The van der Waals surface area contributed by atoms with Crippen molar-refractivity contribution in [3.05, 3.63) is 65.6 Å². The molecule has 0 bridgehead atoms. The zero-order chi connectivity index (χ0) is 18.6. The zero-order valence-electron chi connectivity index (χ0n) is 14.8. The summed E-state index contributed by atoms with van der Waals surface area (Å²) in [5.74, 6) is 1.53. The van der Waals surface area contributed by atoms with E-state index in [9.17, 15) is 4.79 Å². The number of fused-ring (bicyclic) bond motifs is 1. The van der Waals surface area contributed by atoms with Crippen molar-refractivity contribution in [2.45, 2.75) is 25.8 Å². The Morgan fingerprint density at radius 1 is 1.19 bits per heavy atom. The topological polar surface area (TPSA) is 56.1 Å². The van der Waals surface area contributed by atoms with E-state index in [-0.39, 0.29) is 12.5 Å². The summed E-state index contributed by atoms with van der Waals surface area (Å²) in [5.41, 5.74) is 2.66. The molecule has 0 atom stereocenters. The molecule has 1 N–H and O–H groups in total. The summed E-state index contributed by atoms with van der Waals surface area (Å²) in [6, 6.07) is 14.6. The van der Waals surface area contributed by atoms with Crippen LogP contribution in [0, 0.1) is 0 Å². The van der Waals surface area contributed by atoms with Crippen molar-refractivity contribution in [3.63, 3.8) is 0 Å². The van der Waals surface area contributed by atoms with Gasteiger partial charge in [0.25, 0.3) is 5.91 Å². The van der Waals surface area contributed by atoms with Crippen LogP contribution in [-0.2, 0) is 17.8 Å². The van der Waals surface area contributed by atoms with Crippen LogP contribution in [0.5, 0.6) is 5.75 Å². The molecule has 0 fully saturated rings. The minimum Gasteiger partial charge on any atom is -0.484 e. The molecular weight excluding hydrogens is 362 g/mol. The number of halogens is 1. The number of aromatic nitrogens is 2. The van der Waals surface area contributed by atoms with Gasteiger partial charge in [0.1, 0.15) is 11.6 Å². The summed E-state index contributed by atoms with van der Waals surface area (Å²) in [6.07, 6.45) is 5.52. The molecule has 4 rings (SSSR count). The molecule has 1 aliphatic heterocycles. The van der Waals surface area contributed by atoms with E-state index >= 15 is 0 Å². The van der Waals surface area contributed by atoms with Crippen LogP contribution in [0.3, 0.4) is 0 Å². The number of benzene rings is 2. The predicted octanol–water partition coefficient (Wildman–Crippen LogP) is 4.56. The number of nitrogens with one attached hydrogen (secondary N) is 1. The first-order valence-electron chi connectivity index (χ1n) is 9.02. The zero-order valence-corrected chi connectivity index (χ0v) is 15.6. The van der Waals surface area contributed by atoms with E-state index in [4.69, 9.17) is 21.3 Å². The number of carbonyl (C=O) groups excluding carboxylic acids is 1. The van der Waals surface area contributed by atoms with Crippen molar-refractivity contribution >= 4 is 23.2 Å². The lowest BCUT2D eigenvalue weighted by atomic mass is 10.1. The quantitative estimate of drug-likeness (QED) is 0.705. The fraction of sp³-hybridized carbons (Fsp3) is 0.238. The number of imidazole rings is 1. The monoisotopic (exact) mass is 381 g/mol. The van der Waals surface area contributed by atoms with Gasteiger partial charge in [-0.25, -0.2) is 4.98 Å². The largest absolute Gasteiger partial charge is 0.484 e. The molecule has 138 valence electrons. The number of rotatable bonds is 5. The van der Waals surface area contributed by atoms with Crippen LogP contribution in [0.4, 0.5) is 5.69 Å². The molecule has 0 aliphatic carbocycles. The minimum atomic E-state index is -0.216. The van der Waals surface area contributed by atoms with Crippen LogP contribution < -0.4 is 10.1 Å². The van der Waals surface area contributed by atoms with Crippen LogP contribution in [0.2, 0.25) is 5.02 Å². The molecule has 0 saturated carbocycles. The SMILES string of the molecule is O=C(COc1ccc(Cl)cc1)Nc1cccc(-c2cn3c(n2)CCCC3)c1. The van der Waals surface area contributed by atoms with Crippen molar-refractivity contribution in [1.82, 2.24) is 9.55 Å². The lowest BCUT2D eigenvalue weighted by molar-refractivity contribution is -0.118. The van der Waals surface area contributed by atoms with E-state index in [0.29, 0.717) is 10.8 Å². The second-order valence-corrected chi connectivity index (χ2v) is 7.00. The molecule has 27 heavy (non-hydrogen) atoms. The number of nitrogens with zero attached hydrogens (tertiary/aromatic N) is 2. The van der Waals surface area contributed by atoms with Crippen LogP contribution in [0.1, 0.15) is 18.7 Å². The molecule has 5 nitrogen and oxygen atoms in total. The van der Waals surface area contributed by atoms with Gasteiger partial charge in [-0.1, -0.05) is 23.7 Å². The number of hydrogen-bond donors (Lipinski definition) is 1. The minimum absolute atomic E-state index is 0.0648. The summed E-state index contributed by atoms with van der Waals surface area (Å²) >= 11 is 5.84. The Balaban J connectivity index is 1.40. The Morgan fingerprint density at radius 3 is 2.85 bits per heavy atom. The molecule has 1 aromatic heterocycles. The van der Waals surface area contributed by atoms with Crippen molar-refractivity contribution in [1.29, 1.82) is 0 Å². The van der Waals surface area contributed by atoms with E-state index in [1.54, 1.807) is 24.3 Å². The number of amides is 1. The maximum absolute atomic E-state index is 12.2. The van der Waals surface area contributed by atoms with E-state index in [2.05, 4.69) is 16.1 Å². The Bertz CT molecular complexity index is 927. The van der Waals surface area contributed by atoms with Crippen LogP contribution in [-0.4, -0.2) is 22.1 Å². The Kier molecular flexibility index (Phi) is 5.12. The highest BCUT2D eigenvalue weighted by Gasteiger charge is 2.13. The standard InChI is InChI=1S/C21H20ClN3O2/c22-16-7-9-18(10-8-16)27-14-21(26)23-17-5-3-4-15(12-17)19-13-25-11-2-1-6-20(25)24-19/h3-5,7-10,12-13H,1-2,6,11,14H2,(H,23,26). The lowest BCUT2D eigenvalue weighted by Crippen LogP contribution is -2.20. The molecule has 2 heterocycles. The second kappa shape index (κ2) is 7.84. The summed E-state index contributed by atoms with van der Waals surface area (Å²) in [7, 11) is 0. The summed E-state index contributed by atoms with van der Waals surface area (Å²) in [4.78, 5) is 16.9. The number of hydrogen-bond acceptors (Lipinski definition) is 3. The first-order chi connectivity index (χ1) is 13.2. The normalized spacial score (nSPS) is 13.1. The average Bonchev–Trinajstić information content (AvgIpc) is 3.12. The van der Waals surface area contributed by atoms with Crippen LogP contribution >= 0.6 is 11.6 Å². The molecule has 1 aliphatic rings. The first-order valence-corrected chi connectivity index (χ1v) is 9.40. The lowest BCUT2D eigenvalue weighted by Gasteiger charge is -2.11. The van der Waals surface area contributed by atoms with E-state index in [0.717, 1.165) is 35.7 Å². The van der Waals surface area contributed by atoms with Crippen molar-refractivity contribution < 1.29 is 9.53 Å². The summed E-state index contributed by atoms with van der Waals surface area (Å²) in [6.45, 7) is 0.964. The maximum Gasteiger partial charge on any atom is 0.262 e. The molecule has 0 spiro atoms. The molecule has 3 aromatic rings. The van der Waals surface area contributed by atoms with Gasteiger partial charge in [-0.15, -0.1) is 0 Å². The van der Waals surface area contributed by atoms with Gasteiger partial charge >= 0.3 is 0 Å². The van der Waals surface area contributed by atoms with Crippen molar-refractivity contribution in [2.24, 2.45) is 0 Å². The number of anilines is 1. The second-order valence-electron chi connectivity index (χ2n) is 6.56. The van der Waals surface area contributed by atoms with Gasteiger partial charge in [0.05, 0.1) is 5.69 Å². The number of aryl methyl sites for hydroxylation is 2. The van der Waals surface area contributed by atoms with E-state index in [1.807, 2.05) is 24.3 Å². The van der Waals surface area contributed by atoms with Gasteiger partial charge in [0.15, 0.2) is 6.61 Å². The highest BCUT2D eigenvalue weighted by molar-refractivity contribution is 6.30. The molecule has 0 saturated heterocycles. The third-order valence-corrected chi connectivity index (χ3v) is 4.79. The summed E-state index contributed by atoms with van der Waals surface area (Å²) < 4.78 is 7.70. The van der Waals surface area contributed by atoms with Gasteiger partial charge < -0.3 is 14.6 Å². The molecule has 0 radical (unpaired) electrons. The molecule has 1 amide bonds. The van der Waals surface area contributed by atoms with Crippen LogP contribution in [0.15, 0.2) is 54.7 Å². The predicted molar refractivity (Wildman–Crippen MR) is 106 cm³/mol. The highest BCUT2D eigenvalue weighted by atomic mass is 35.5. The van der Waals surface area contributed by atoms with Gasteiger partial charge in [-0.2, -0.15) is 0 Å². The van der Waals surface area contributed by atoms with Gasteiger partial charge in [-0.3, -0.25) is 4.79 Å². The number of ether oxygens (including phenoxy) is 1. The van der Waals surface area contributed by atoms with Crippen molar-refractivity contribution in [2.75, 3.05) is 11.9 Å². The maximum atomic E-state index is 12.2. The highest BCUT2D eigenvalue weighted by Crippen LogP contribution is 2.25. The summed E-state index contributed by atoms with van der Waals surface area (Å²) in [5, 5.41) is 3.50. The first kappa shape index (κ1) is 17.6. The molecular formula is C21H20ClN3O2. The van der Waals surface area contributed by atoms with Gasteiger partial charge in [-0.05, 0) is 49.2 Å². The average molecular weight is 382 g/mol. The fourth-order valence-corrected chi connectivity index (χ4v) is 3.31. The van der Waals surface area contributed by atoms with Gasteiger partial charge in [0.2, 0.25) is 0 Å². The van der Waals surface area contributed by atoms with Crippen molar-refractivity contribution in [3.8, 4) is 17.0 Å². The van der Waals surface area contributed by atoms with Crippen LogP contribution in [0.25, 0.3) is 11.3 Å². The smallest absolute Gasteiger partial charge is 0.262 e. The third kappa shape index (κ3) is 4.31. The fourth-order valence-electron chi connectivity index (χ4n) is 3.18. The van der Waals surface area contributed by atoms with E-state index < -0.39 is 0 Å². The Hall–Kier alpha value is -2.79. The Morgan fingerprint density at radius 2 is 2.04 bits per heavy atom.